The molecule has 0 aliphatic rings. The highest BCUT2D eigenvalue weighted by molar-refractivity contribution is 7.30. The Morgan fingerprint density at radius 1 is 0.222 bits per heavy atom. The van der Waals surface area contributed by atoms with Crippen LogP contribution in [-0.4, -0.2) is 28.7 Å². The third kappa shape index (κ3) is 7.96. The minimum absolute atomic E-state index is 0.929. The average molecular weight is 1340 g/mol. The molecule has 0 N–H and O–H groups in total. The summed E-state index contributed by atoms with van der Waals surface area (Å²) in [6.07, 6.45) is 5.63. The average Bonchev–Trinajstić information content (AvgIpc) is 1.57. The van der Waals surface area contributed by atoms with E-state index >= 15 is 0 Å². The highest BCUT2D eigenvalue weighted by atomic mass is 32.1. The van der Waals surface area contributed by atoms with Crippen molar-refractivity contribution in [3.05, 3.63) is 292 Å². The maximum absolute atomic E-state index is 6.77. The number of aromatic nitrogens is 6. The summed E-state index contributed by atoms with van der Waals surface area (Å²) in [6.45, 7) is 0. The van der Waals surface area contributed by atoms with Gasteiger partial charge in [0.1, 0.15) is 39.3 Å². The van der Waals surface area contributed by atoms with Gasteiger partial charge in [-0.3, -0.25) is 13.7 Å². The van der Waals surface area contributed by atoms with Gasteiger partial charge < -0.3 is 8.83 Å². The normalized spacial score (nSPS) is 12.2. The molecule has 24 rings (SSSR count). The molecule has 24 aromatic rings. The third-order valence-electron chi connectivity index (χ3n) is 19.9. The second-order valence-electron chi connectivity index (χ2n) is 25.2. The molecular weight excluding hydrogens is 1290 g/mol. The molecule has 0 aliphatic heterocycles. The highest BCUT2D eigenvalue weighted by Gasteiger charge is 2.25. The Morgan fingerprint density at radius 3 is 1.13 bits per heavy atom. The van der Waals surface area contributed by atoms with Crippen LogP contribution in [0.3, 0.4) is 0 Å². The van der Waals surface area contributed by atoms with Crippen LogP contribution < -0.4 is 0 Å². The standard InChI is InChI=1S/2C29H16N2OS.C29H16N2S2/c1-2-7-17(8-3-1)31-22-14-12-18-19-13-15-24-26(20-9-4-5-11-23(20)33-24)28(19)32-27(18)25(22)21-10-6-16-30-29(21)31;2*1-2-7-17(8-3-1)31-22-14-12-18-19-13-15-24-26(20-9-4-5-11-23(20)32-24)28(19)33-27(18)25(22)21-10-6-16-30-29(21)31/h3*1-16H. The maximum Gasteiger partial charge on any atom is 0.145 e. The fraction of sp³-hybridized carbons (Fsp3) is 0. The molecule has 0 saturated heterocycles. The van der Waals surface area contributed by atoms with Gasteiger partial charge in [-0.25, -0.2) is 15.0 Å². The van der Waals surface area contributed by atoms with E-state index in [1.165, 1.54) is 124 Å². The van der Waals surface area contributed by atoms with Crippen molar-refractivity contribution in [1.82, 2.24) is 28.7 Å². The van der Waals surface area contributed by atoms with Crippen LogP contribution in [0.1, 0.15) is 0 Å². The maximum atomic E-state index is 6.77. The zero-order valence-electron chi connectivity index (χ0n) is 52.3. The fourth-order valence-electron chi connectivity index (χ4n) is 15.8. The molecule has 0 unspecified atom stereocenters. The Labute approximate surface area is 577 Å². The smallest absolute Gasteiger partial charge is 0.145 e. The molecule has 12 heteroatoms. The van der Waals surface area contributed by atoms with Crippen LogP contribution in [0.25, 0.3) is 207 Å². The minimum atomic E-state index is 0.929. The zero-order valence-corrected chi connectivity index (χ0v) is 55.6. The third-order valence-corrected chi connectivity index (χ3v) is 24.7. The summed E-state index contributed by atoms with van der Waals surface area (Å²) in [5, 5.41) is 22.3. The number of fused-ring (bicyclic) bond motifs is 33. The number of hydrogen-bond acceptors (Lipinski definition) is 9. The van der Waals surface area contributed by atoms with Crippen molar-refractivity contribution in [3.63, 3.8) is 0 Å². The molecule has 12 aromatic heterocycles. The van der Waals surface area contributed by atoms with Crippen molar-refractivity contribution < 1.29 is 8.83 Å². The molecular formula is C87H48N6O2S4. The Hall–Kier alpha value is -12.0. The lowest BCUT2D eigenvalue weighted by molar-refractivity contribution is 0.669. The van der Waals surface area contributed by atoms with Crippen molar-refractivity contribution in [2.24, 2.45) is 0 Å². The van der Waals surface area contributed by atoms with Crippen LogP contribution in [0.15, 0.2) is 300 Å². The molecule has 0 spiro atoms. The predicted octanol–water partition coefficient (Wildman–Crippen LogP) is 25.8. The summed E-state index contributed by atoms with van der Waals surface area (Å²) in [5.74, 6) is 0. The number of benzene rings is 12. The van der Waals surface area contributed by atoms with E-state index in [0.29, 0.717) is 0 Å². The van der Waals surface area contributed by atoms with Gasteiger partial charge in [0.25, 0.3) is 0 Å². The van der Waals surface area contributed by atoms with Crippen LogP contribution in [0, 0.1) is 0 Å². The molecule has 0 aliphatic carbocycles. The van der Waals surface area contributed by atoms with E-state index < -0.39 is 0 Å². The van der Waals surface area contributed by atoms with E-state index in [0.717, 1.165) is 83.4 Å². The first-order valence-electron chi connectivity index (χ1n) is 33.0. The molecule has 99 heavy (non-hydrogen) atoms. The van der Waals surface area contributed by atoms with Gasteiger partial charge in [0, 0.05) is 165 Å². The number of nitrogens with zero attached hydrogens (tertiary/aromatic N) is 6. The molecule has 0 radical (unpaired) electrons. The first-order valence-corrected chi connectivity index (χ1v) is 36.2. The summed E-state index contributed by atoms with van der Waals surface area (Å²) in [4.78, 5) is 14.4. The Morgan fingerprint density at radius 2 is 0.596 bits per heavy atom. The molecule has 12 heterocycles. The number of furan rings is 2. The van der Waals surface area contributed by atoms with E-state index in [2.05, 4.69) is 250 Å². The summed E-state index contributed by atoms with van der Waals surface area (Å²) >= 11 is 7.50. The van der Waals surface area contributed by atoms with E-state index in [1.807, 2.05) is 100 Å². The Kier molecular flexibility index (Phi) is 11.8. The van der Waals surface area contributed by atoms with Crippen LogP contribution in [0.2, 0.25) is 0 Å². The zero-order chi connectivity index (χ0) is 64.6. The predicted molar refractivity (Wildman–Crippen MR) is 422 cm³/mol. The van der Waals surface area contributed by atoms with Gasteiger partial charge in [0.15, 0.2) is 0 Å². The van der Waals surface area contributed by atoms with E-state index in [-0.39, 0.29) is 0 Å². The Bertz CT molecular complexity index is 6780. The first kappa shape index (κ1) is 55.1. The van der Waals surface area contributed by atoms with Gasteiger partial charge in [0.05, 0.1) is 21.9 Å². The fourth-order valence-corrected chi connectivity index (χ4v) is 20.9. The van der Waals surface area contributed by atoms with Gasteiger partial charge in [-0.15, -0.1) is 45.3 Å². The second kappa shape index (κ2) is 21.2. The SMILES string of the molecule is c1ccc(-n2c3ccc4c5ccc6oc7ccccc7c6c5sc4c3c3cccnc32)cc1.c1ccc(-n2c3ccc4c5ccc6sc7ccccc7c6c5oc4c3c3cccnc32)cc1.c1ccc(-n2c3ccc4c5ccc6sc7ccccc7c6c5sc4c3c3cccnc32)cc1. The largest absolute Gasteiger partial charge is 0.456 e. The quantitative estimate of drug-likeness (QED) is 0.176. The molecule has 12 aromatic carbocycles. The van der Waals surface area contributed by atoms with Gasteiger partial charge in [-0.05, 0) is 146 Å². The van der Waals surface area contributed by atoms with Crippen molar-refractivity contribution in [2.75, 3.05) is 0 Å². The molecule has 462 valence electrons. The number of thiophene rings is 4. The molecule has 0 atom stereocenters. The van der Waals surface area contributed by atoms with E-state index in [4.69, 9.17) is 23.8 Å². The van der Waals surface area contributed by atoms with E-state index in [1.54, 1.807) is 0 Å². The molecule has 0 fully saturated rings. The van der Waals surface area contributed by atoms with Gasteiger partial charge in [0.2, 0.25) is 0 Å². The molecule has 8 nitrogen and oxygen atoms in total. The van der Waals surface area contributed by atoms with Crippen molar-refractivity contribution in [1.29, 1.82) is 0 Å². The van der Waals surface area contributed by atoms with Crippen LogP contribution in [-0.2, 0) is 0 Å². The number of para-hydroxylation sites is 4. The van der Waals surface area contributed by atoms with E-state index in [9.17, 15) is 0 Å². The topological polar surface area (TPSA) is 79.7 Å². The van der Waals surface area contributed by atoms with Crippen LogP contribution >= 0.6 is 45.3 Å². The molecule has 0 bridgehead atoms. The first-order chi connectivity index (χ1) is 49.1. The van der Waals surface area contributed by atoms with Crippen molar-refractivity contribution in [2.45, 2.75) is 0 Å². The second-order valence-corrected chi connectivity index (χ2v) is 29.4. The summed E-state index contributed by atoms with van der Waals surface area (Å²) in [6, 6.07) is 96.6. The van der Waals surface area contributed by atoms with Crippen LogP contribution in [0.4, 0.5) is 0 Å². The lowest BCUT2D eigenvalue weighted by Crippen LogP contribution is -1.94. The molecule has 0 amide bonds. The number of hydrogen-bond donors (Lipinski definition) is 0. The number of pyridine rings is 3. The van der Waals surface area contributed by atoms with Gasteiger partial charge in [-0.2, -0.15) is 0 Å². The van der Waals surface area contributed by atoms with Crippen molar-refractivity contribution in [3.8, 4) is 17.1 Å². The summed E-state index contributed by atoms with van der Waals surface area (Å²) in [5.41, 5.74) is 13.6. The molecule has 0 saturated carbocycles. The van der Waals surface area contributed by atoms with Gasteiger partial charge >= 0.3 is 0 Å². The highest BCUT2D eigenvalue weighted by Crippen LogP contribution is 2.51. The summed E-state index contributed by atoms with van der Waals surface area (Å²) in [7, 11) is 0. The minimum Gasteiger partial charge on any atom is -0.456 e. The summed E-state index contributed by atoms with van der Waals surface area (Å²) < 4.78 is 30.3. The Balaban J connectivity index is 0.0000000949. The lowest BCUT2D eigenvalue weighted by atomic mass is 10.1. The van der Waals surface area contributed by atoms with Crippen molar-refractivity contribution >= 4 is 236 Å². The monoisotopic (exact) mass is 1340 g/mol. The number of rotatable bonds is 3. The van der Waals surface area contributed by atoms with Crippen LogP contribution in [0.5, 0.6) is 0 Å². The van der Waals surface area contributed by atoms with Gasteiger partial charge in [-0.1, -0.05) is 127 Å². The lowest BCUT2D eigenvalue weighted by Gasteiger charge is -2.06.